The summed E-state index contributed by atoms with van der Waals surface area (Å²) >= 11 is 0. The molecule has 1 atom stereocenters. The van der Waals surface area contributed by atoms with Crippen LogP contribution in [0.2, 0.25) is 0 Å². The third-order valence-electron chi connectivity index (χ3n) is 2.63. The molecule has 0 bridgehead atoms. The van der Waals surface area contributed by atoms with Crippen LogP contribution in [0, 0.1) is 0 Å². The zero-order valence-electron chi connectivity index (χ0n) is 9.85. The first kappa shape index (κ1) is 14.6. The van der Waals surface area contributed by atoms with Crippen molar-refractivity contribution >= 4 is 16.3 Å². The predicted molar refractivity (Wildman–Crippen MR) is 63.5 cm³/mol. The molecule has 18 heavy (non-hydrogen) atoms. The number of hydroxylamine groups is 1. The van der Waals surface area contributed by atoms with E-state index in [1.54, 1.807) is 16.9 Å². The Hall–Kier alpha value is -1.44. The minimum absolute atomic E-state index is 0. The van der Waals surface area contributed by atoms with Gasteiger partial charge >= 0.3 is 0 Å². The van der Waals surface area contributed by atoms with Crippen molar-refractivity contribution < 1.29 is 28.0 Å². The molecule has 1 unspecified atom stereocenters. The van der Waals surface area contributed by atoms with E-state index < -0.39 is 10.1 Å². The van der Waals surface area contributed by atoms with Gasteiger partial charge in [-0.25, -0.2) is 0 Å². The van der Waals surface area contributed by atoms with Crippen LogP contribution in [0.4, 0.5) is 0 Å². The van der Waals surface area contributed by atoms with Crippen LogP contribution in [0.3, 0.4) is 0 Å². The Kier molecular flexibility index (Phi) is 4.44. The van der Waals surface area contributed by atoms with Crippen molar-refractivity contribution in [2.75, 3.05) is 6.54 Å². The molecule has 1 heterocycles. The molecule has 100 valence electrons. The van der Waals surface area contributed by atoms with Gasteiger partial charge in [0.05, 0.1) is 11.3 Å². The van der Waals surface area contributed by atoms with Gasteiger partial charge in [0.15, 0.2) is 12.8 Å². The monoisotopic (exact) mass is 273 g/mol. The molecule has 0 aliphatic carbocycles. The largest absolute Gasteiger partial charge is 0.870 e. The summed E-state index contributed by atoms with van der Waals surface area (Å²) in [5.74, 6) is 0. The third kappa shape index (κ3) is 3.06. The normalized spacial score (nSPS) is 18.8. The van der Waals surface area contributed by atoms with Gasteiger partial charge in [-0.1, -0.05) is 12.1 Å². The Labute approximate surface area is 106 Å². The van der Waals surface area contributed by atoms with E-state index in [4.69, 9.17) is 9.39 Å². The smallest absolute Gasteiger partial charge is 0.294 e. The Morgan fingerprint density at radius 3 is 2.78 bits per heavy atom. The van der Waals surface area contributed by atoms with Gasteiger partial charge in [-0.15, -0.1) is 0 Å². The van der Waals surface area contributed by atoms with E-state index in [1.807, 2.05) is 13.1 Å². The molecule has 0 saturated carbocycles. The van der Waals surface area contributed by atoms with E-state index in [1.165, 1.54) is 12.1 Å². The topological polar surface area (TPSA) is 96.6 Å². The van der Waals surface area contributed by atoms with Gasteiger partial charge in [0.25, 0.3) is 10.1 Å². The minimum Gasteiger partial charge on any atom is -0.870 e. The first-order valence-electron chi connectivity index (χ1n) is 5.35. The van der Waals surface area contributed by atoms with Crippen molar-refractivity contribution in [2.24, 2.45) is 0 Å². The van der Waals surface area contributed by atoms with Crippen LogP contribution in [0.25, 0.3) is 0 Å². The fourth-order valence-corrected chi connectivity index (χ4v) is 2.27. The standard InChI is InChI=1S/C11H13NO4S.H2O/c1-2-12-7-6-11(16-12)9-4-3-5-10(8-9)17(13,14)15;/h3-5,7-8,11H,2,6H2,1H3;1H2. The van der Waals surface area contributed by atoms with Crippen molar-refractivity contribution in [1.82, 2.24) is 0 Å². The van der Waals surface area contributed by atoms with Gasteiger partial charge in [0.2, 0.25) is 6.10 Å². The molecule has 6 nitrogen and oxygen atoms in total. The van der Waals surface area contributed by atoms with E-state index in [0.29, 0.717) is 6.42 Å². The lowest BCUT2D eigenvalue weighted by Gasteiger charge is -2.07. The second kappa shape index (κ2) is 5.47. The van der Waals surface area contributed by atoms with Crippen LogP contribution in [0.1, 0.15) is 25.0 Å². The molecule has 7 heteroatoms. The molecule has 2 rings (SSSR count). The zero-order chi connectivity index (χ0) is 12.5. The Balaban J connectivity index is 0.00000162. The molecule has 1 aliphatic heterocycles. The lowest BCUT2D eigenvalue weighted by atomic mass is 10.1. The van der Waals surface area contributed by atoms with E-state index in [2.05, 4.69) is 0 Å². The average molecular weight is 273 g/mol. The van der Waals surface area contributed by atoms with Gasteiger partial charge in [0.1, 0.15) is 0 Å². The molecule has 0 spiro atoms. The molecular formula is C11H15NO5S. The first-order chi connectivity index (χ1) is 8.00. The summed E-state index contributed by atoms with van der Waals surface area (Å²) in [5.41, 5.74) is 0.743. The summed E-state index contributed by atoms with van der Waals surface area (Å²) in [5, 5.41) is 0. The van der Waals surface area contributed by atoms with E-state index in [-0.39, 0.29) is 16.5 Å². The zero-order valence-corrected chi connectivity index (χ0v) is 10.7. The molecule has 0 saturated heterocycles. The first-order valence-corrected chi connectivity index (χ1v) is 6.79. The summed E-state index contributed by atoms with van der Waals surface area (Å²) in [6.45, 7) is 2.71. The molecule has 0 fully saturated rings. The van der Waals surface area contributed by atoms with E-state index >= 15 is 0 Å². The number of benzene rings is 1. The summed E-state index contributed by atoms with van der Waals surface area (Å²) in [6, 6.07) is 6.17. The van der Waals surface area contributed by atoms with Crippen molar-refractivity contribution in [3.8, 4) is 0 Å². The molecule has 0 amide bonds. The molecular weight excluding hydrogens is 258 g/mol. The second-order valence-electron chi connectivity index (χ2n) is 3.79. The van der Waals surface area contributed by atoms with Crippen molar-refractivity contribution in [3.63, 3.8) is 0 Å². The highest BCUT2D eigenvalue weighted by Crippen LogP contribution is 2.25. The van der Waals surface area contributed by atoms with Gasteiger partial charge in [0, 0.05) is 5.56 Å². The Morgan fingerprint density at radius 1 is 1.50 bits per heavy atom. The molecule has 2 N–H and O–H groups in total. The summed E-state index contributed by atoms with van der Waals surface area (Å²) < 4.78 is 32.7. The van der Waals surface area contributed by atoms with Crippen LogP contribution in [0.15, 0.2) is 29.2 Å². The molecule has 1 aromatic carbocycles. The van der Waals surface area contributed by atoms with Crippen LogP contribution >= 0.6 is 0 Å². The van der Waals surface area contributed by atoms with Crippen LogP contribution in [-0.4, -0.2) is 35.9 Å². The summed E-state index contributed by atoms with van der Waals surface area (Å²) in [6.07, 6.45) is 2.43. The molecule has 1 aliphatic rings. The fourth-order valence-electron chi connectivity index (χ4n) is 1.74. The number of rotatable bonds is 3. The van der Waals surface area contributed by atoms with Gasteiger partial charge in [-0.05, 0) is 23.8 Å². The fraction of sp³-hybridized carbons (Fsp3) is 0.364. The highest BCUT2D eigenvalue weighted by molar-refractivity contribution is 7.85. The number of hydrogen-bond donors (Lipinski definition) is 1. The quantitative estimate of drug-likeness (QED) is 0.660. The highest BCUT2D eigenvalue weighted by Gasteiger charge is 2.26. The van der Waals surface area contributed by atoms with Crippen molar-refractivity contribution in [2.45, 2.75) is 24.3 Å². The SMILES string of the molecule is CC[N+]1=CCC(c2cccc(S(=O)(=O)O)c2)O1.[OH-]. The average Bonchev–Trinajstić information content (AvgIpc) is 2.76. The Bertz CT molecular complexity index is 552. The lowest BCUT2D eigenvalue weighted by Crippen LogP contribution is -2.08. The van der Waals surface area contributed by atoms with Crippen molar-refractivity contribution in [3.05, 3.63) is 29.8 Å². The maximum absolute atomic E-state index is 11.0. The van der Waals surface area contributed by atoms with E-state index in [0.717, 1.165) is 12.1 Å². The molecule has 1 aromatic rings. The molecule has 0 radical (unpaired) electrons. The Morgan fingerprint density at radius 2 is 2.22 bits per heavy atom. The molecule has 0 aromatic heterocycles. The van der Waals surface area contributed by atoms with Crippen LogP contribution in [-0.2, 0) is 15.0 Å². The minimum atomic E-state index is -4.15. The van der Waals surface area contributed by atoms with Crippen LogP contribution < -0.4 is 0 Å². The van der Waals surface area contributed by atoms with E-state index in [9.17, 15) is 8.42 Å². The maximum atomic E-state index is 11.0. The van der Waals surface area contributed by atoms with Gasteiger partial charge in [-0.3, -0.25) is 9.39 Å². The lowest BCUT2D eigenvalue weighted by molar-refractivity contribution is -0.783. The summed E-state index contributed by atoms with van der Waals surface area (Å²) in [4.78, 5) is 5.46. The second-order valence-corrected chi connectivity index (χ2v) is 5.21. The van der Waals surface area contributed by atoms with Gasteiger partial charge in [-0.2, -0.15) is 8.42 Å². The highest BCUT2D eigenvalue weighted by atomic mass is 32.2. The van der Waals surface area contributed by atoms with Gasteiger partial charge < -0.3 is 5.48 Å². The predicted octanol–water partition coefficient (Wildman–Crippen LogP) is 1.24. The summed E-state index contributed by atoms with van der Waals surface area (Å²) in [7, 11) is -4.15. The number of nitrogens with zero attached hydrogens (tertiary/aromatic N) is 1. The maximum Gasteiger partial charge on any atom is 0.294 e. The third-order valence-corrected chi connectivity index (χ3v) is 3.47. The van der Waals surface area contributed by atoms with Crippen molar-refractivity contribution in [1.29, 1.82) is 0 Å². The van der Waals surface area contributed by atoms with Crippen LogP contribution in [0.5, 0.6) is 0 Å². The number of hydrogen-bond acceptors (Lipinski definition) is 4.